The van der Waals surface area contributed by atoms with Crippen molar-refractivity contribution in [1.29, 1.82) is 0 Å². The first kappa shape index (κ1) is 23.4. The third kappa shape index (κ3) is 9.66. The molecule has 0 saturated heterocycles. The third-order valence-electron chi connectivity index (χ3n) is 4.59. The van der Waals surface area contributed by atoms with Crippen molar-refractivity contribution >= 4 is 12.4 Å². The molecular weight excluding hydrogens is 318 g/mol. The van der Waals surface area contributed by atoms with Crippen LogP contribution in [-0.4, -0.2) is 11.2 Å². The van der Waals surface area contributed by atoms with Gasteiger partial charge in [0.1, 0.15) is 0 Å². The molecule has 2 nitrogen and oxygen atoms in total. The van der Waals surface area contributed by atoms with Crippen molar-refractivity contribution in [2.45, 2.75) is 96.6 Å². The molecule has 1 aromatic carbocycles. The largest absolute Gasteiger partial charge is 0.393 e. The fourth-order valence-electron chi connectivity index (χ4n) is 3.19. The van der Waals surface area contributed by atoms with Gasteiger partial charge in [0.05, 0.1) is 6.10 Å². The molecule has 0 aliphatic heterocycles. The lowest BCUT2D eigenvalue weighted by Crippen LogP contribution is -2.30. The molecule has 0 heterocycles. The van der Waals surface area contributed by atoms with Gasteiger partial charge in [0, 0.05) is 5.54 Å². The zero-order valence-electron chi connectivity index (χ0n) is 15.9. The summed E-state index contributed by atoms with van der Waals surface area (Å²) in [6.45, 7) is 6.36. The number of hydrogen-bond donors (Lipinski definition) is 2. The average Bonchev–Trinajstić information content (AvgIpc) is 2.50. The summed E-state index contributed by atoms with van der Waals surface area (Å²) in [7, 11) is 0. The van der Waals surface area contributed by atoms with E-state index in [4.69, 9.17) is 5.73 Å². The lowest BCUT2D eigenvalue weighted by Gasteiger charge is -2.23. The van der Waals surface area contributed by atoms with E-state index in [2.05, 4.69) is 45.0 Å². The first-order valence-electron chi connectivity index (χ1n) is 9.50. The minimum absolute atomic E-state index is 0. The number of unbranched alkanes of at least 4 members (excludes halogenated alkanes) is 5. The number of aliphatic hydroxyl groups is 1. The van der Waals surface area contributed by atoms with Crippen LogP contribution >= 0.6 is 12.4 Å². The molecule has 1 atom stereocenters. The third-order valence-corrected chi connectivity index (χ3v) is 4.59. The number of aliphatic hydroxyl groups excluding tert-OH is 1. The van der Waals surface area contributed by atoms with Gasteiger partial charge in [-0.2, -0.15) is 0 Å². The number of nitrogens with two attached hydrogens (primary N) is 1. The summed E-state index contributed by atoms with van der Waals surface area (Å²) in [5, 5.41) is 9.92. The normalized spacial score (nSPS) is 12.7. The van der Waals surface area contributed by atoms with Crippen LogP contribution in [0.5, 0.6) is 0 Å². The number of aryl methyl sites for hydroxylation is 1. The molecule has 0 aromatic heterocycles. The van der Waals surface area contributed by atoms with Crippen molar-refractivity contribution in [2.75, 3.05) is 0 Å². The van der Waals surface area contributed by atoms with Gasteiger partial charge in [-0.05, 0) is 50.7 Å². The predicted octanol–water partition coefficient (Wildman–Crippen LogP) is 5.74. The molecular formula is C21H38ClNO. The van der Waals surface area contributed by atoms with Crippen LogP contribution < -0.4 is 5.73 Å². The minimum atomic E-state index is -0.265. The first-order valence-corrected chi connectivity index (χ1v) is 9.50. The Balaban J connectivity index is 0.00000529. The van der Waals surface area contributed by atoms with E-state index in [0.29, 0.717) is 0 Å². The molecule has 3 N–H and O–H groups in total. The lowest BCUT2D eigenvalue weighted by atomic mass is 9.89. The molecule has 140 valence electrons. The highest BCUT2D eigenvalue weighted by Crippen LogP contribution is 2.23. The maximum absolute atomic E-state index is 9.92. The van der Waals surface area contributed by atoms with Crippen molar-refractivity contribution in [1.82, 2.24) is 0 Å². The van der Waals surface area contributed by atoms with Crippen LogP contribution in [0.15, 0.2) is 24.3 Å². The van der Waals surface area contributed by atoms with E-state index in [1.807, 2.05) is 0 Å². The summed E-state index contributed by atoms with van der Waals surface area (Å²) in [5.74, 6) is 0. The molecule has 0 radical (unpaired) electrons. The Morgan fingerprint density at radius 3 is 2.17 bits per heavy atom. The summed E-state index contributed by atoms with van der Waals surface area (Å²) in [6.07, 6.45) is 11.4. The molecule has 1 aromatic rings. The summed E-state index contributed by atoms with van der Waals surface area (Å²) in [5.41, 5.74) is 8.66. The van der Waals surface area contributed by atoms with Gasteiger partial charge in [0.25, 0.3) is 0 Å². The summed E-state index contributed by atoms with van der Waals surface area (Å²) in [4.78, 5) is 0. The fourth-order valence-corrected chi connectivity index (χ4v) is 3.19. The smallest absolute Gasteiger partial charge is 0.0540 e. The van der Waals surface area contributed by atoms with Gasteiger partial charge in [-0.15, -0.1) is 12.4 Å². The molecule has 3 heteroatoms. The molecule has 24 heavy (non-hydrogen) atoms. The quantitative estimate of drug-likeness (QED) is 0.470. The monoisotopic (exact) mass is 355 g/mol. The second-order valence-corrected chi connectivity index (χ2v) is 7.48. The van der Waals surface area contributed by atoms with Crippen molar-refractivity contribution in [2.24, 2.45) is 5.73 Å². The van der Waals surface area contributed by atoms with Crippen LogP contribution in [0.2, 0.25) is 0 Å². The molecule has 0 aliphatic carbocycles. The van der Waals surface area contributed by atoms with Gasteiger partial charge in [-0.3, -0.25) is 0 Å². The Bertz CT molecular complexity index is 428. The van der Waals surface area contributed by atoms with Gasteiger partial charge in [-0.25, -0.2) is 0 Å². The van der Waals surface area contributed by atoms with E-state index in [1.165, 1.54) is 49.7 Å². The number of benzene rings is 1. The van der Waals surface area contributed by atoms with Gasteiger partial charge in [0.2, 0.25) is 0 Å². The van der Waals surface area contributed by atoms with E-state index in [-0.39, 0.29) is 24.0 Å². The Morgan fingerprint density at radius 2 is 1.54 bits per heavy atom. The van der Waals surface area contributed by atoms with Crippen molar-refractivity contribution in [3.63, 3.8) is 0 Å². The van der Waals surface area contributed by atoms with E-state index in [0.717, 1.165) is 25.7 Å². The SMILES string of the molecule is CCCCCC(O)CCCCCCc1ccccc1C(C)(C)N.Cl. The van der Waals surface area contributed by atoms with Crippen molar-refractivity contribution in [3.8, 4) is 0 Å². The van der Waals surface area contributed by atoms with E-state index in [1.54, 1.807) is 0 Å². The number of rotatable bonds is 12. The topological polar surface area (TPSA) is 46.2 Å². The standard InChI is InChI=1S/C21H37NO.ClH/c1-4-5-8-15-19(23)16-10-7-6-9-13-18-14-11-12-17-20(18)21(2,3)22;/h11-12,14,17,19,23H,4-10,13,15-16,22H2,1-3H3;1H. The lowest BCUT2D eigenvalue weighted by molar-refractivity contribution is 0.147. The molecule has 0 aliphatic rings. The van der Waals surface area contributed by atoms with Crippen molar-refractivity contribution in [3.05, 3.63) is 35.4 Å². The maximum atomic E-state index is 9.92. The number of hydrogen-bond acceptors (Lipinski definition) is 2. The minimum Gasteiger partial charge on any atom is -0.393 e. The molecule has 1 unspecified atom stereocenters. The highest BCUT2D eigenvalue weighted by molar-refractivity contribution is 5.85. The van der Waals surface area contributed by atoms with Crippen LogP contribution in [0.25, 0.3) is 0 Å². The molecule has 0 bridgehead atoms. The predicted molar refractivity (Wildman–Crippen MR) is 108 cm³/mol. The van der Waals surface area contributed by atoms with Crippen LogP contribution in [0.3, 0.4) is 0 Å². The van der Waals surface area contributed by atoms with Crippen LogP contribution in [-0.2, 0) is 12.0 Å². The van der Waals surface area contributed by atoms with E-state index in [9.17, 15) is 5.11 Å². The zero-order valence-corrected chi connectivity index (χ0v) is 16.7. The van der Waals surface area contributed by atoms with Crippen LogP contribution in [0.1, 0.15) is 89.7 Å². The van der Waals surface area contributed by atoms with Gasteiger partial charge in [-0.1, -0.05) is 69.7 Å². The van der Waals surface area contributed by atoms with E-state index >= 15 is 0 Å². The zero-order chi connectivity index (χ0) is 17.1. The Labute approximate surface area is 155 Å². The van der Waals surface area contributed by atoms with Crippen LogP contribution in [0, 0.1) is 0 Å². The van der Waals surface area contributed by atoms with Gasteiger partial charge >= 0.3 is 0 Å². The van der Waals surface area contributed by atoms with Gasteiger partial charge < -0.3 is 10.8 Å². The Hall–Kier alpha value is -0.570. The molecule has 0 spiro atoms. The first-order chi connectivity index (χ1) is 10.9. The average molecular weight is 356 g/mol. The van der Waals surface area contributed by atoms with Crippen molar-refractivity contribution < 1.29 is 5.11 Å². The highest BCUT2D eigenvalue weighted by Gasteiger charge is 2.17. The summed E-state index contributed by atoms with van der Waals surface area (Å²) < 4.78 is 0. The highest BCUT2D eigenvalue weighted by atomic mass is 35.5. The van der Waals surface area contributed by atoms with Crippen LogP contribution in [0.4, 0.5) is 0 Å². The fraction of sp³-hybridized carbons (Fsp3) is 0.714. The maximum Gasteiger partial charge on any atom is 0.0540 e. The van der Waals surface area contributed by atoms with Gasteiger partial charge in [0.15, 0.2) is 0 Å². The van der Waals surface area contributed by atoms with E-state index < -0.39 is 0 Å². The molecule has 0 fully saturated rings. The molecule has 0 amide bonds. The summed E-state index contributed by atoms with van der Waals surface area (Å²) >= 11 is 0. The molecule has 0 saturated carbocycles. The Kier molecular flexibility index (Phi) is 12.4. The number of halogens is 1. The molecule has 1 rings (SSSR count). The Morgan fingerprint density at radius 1 is 0.958 bits per heavy atom. The summed E-state index contributed by atoms with van der Waals surface area (Å²) in [6, 6.07) is 8.55. The second-order valence-electron chi connectivity index (χ2n) is 7.48. The second kappa shape index (κ2) is 12.7.